The van der Waals surface area contributed by atoms with Crippen LogP contribution in [0.3, 0.4) is 0 Å². The summed E-state index contributed by atoms with van der Waals surface area (Å²) in [5.74, 6) is 0.523. The molecule has 0 unspecified atom stereocenters. The first-order valence-corrected chi connectivity index (χ1v) is 10.2. The van der Waals surface area contributed by atoms with Gasteiger partial charge in [0, 0.05) is 33.8 Å². The van der Waals surface area contributed by atoms with E-state index >= 15 is 0 Å². The fourth-order valence-corrected chi connectivity index (χ4v) is 3.80. The Morgan fingerprint density at radius 1 is 1.03 bits per heavy atom. The number of methoxy groups -OCH3 is 1. The highest BCUT2D eigenvalue weighted by molar-refractivity contribution is 6.06. The Bertz CT molecular complexity index is 1270. The van der Waals surface area contributed by atoms with Crippen LogP contribution in [0.15, 0.2) is 77.4 Å². The van der Waals surface area contributed by atoms with Crippen molar-refractivity contribution in [1.29, 1.82) is 0 Å². The molecular formula is C27H25NO3. The molecule has 3 aromatic carbocycles. The first kappa shape index (κ1) is 20.5. The van der Waals surface area contributed by atoms with Crippen LogP contribution in [0.1, 0.15) is 23.6 Å². The van der Waals surface area contributed by atoms with Crippen molar-refractivity contribution in [3.8, 4) is 16.9 Å². The third kappa shape index (κ3) is 4.10. The van der Waals surface area contributed by atoms with Gasteiger partial charge in [-0.25, -0.2) is 0 Å². The molecule has 0 bridgehead atoms. The smallest absolute Gasteiger partial charge is 0.248 e. The molecule has 4 rings (SSSR count). The first-order chi connectivity index (χ1) is 15.0. The summed E-state index contributed by atoms with van der Waals surface area (Å²) in [5.41, 5.74) is 7.37. The maximum absolute atomic E-state index is 12.6. The van der Waals surface area contributed by atoms with Crippen LogP contribution < -0.4 is 10.1 Å². The number of fused-ring (bicyclic) bond motifs is 1. The summed E-state index contributed by atoms with van der Waals surface area (Å²) in [6.45, 7) is 5.91. The van der Waals surface area contributed by atoms with Crippen LogP contribution in [0.25, 0.3) is 27.7 Å². The molecule has 0 saturated heterocycles. The number of allylic oxidation sites excluding steroid dienone is 1. The molecule has 0 fully saturated rings. The van der Waals surface area contributed by atoms with Gasteiger partial charge in [0.25, 0.3) is 0 Å². The van der Waals surface area contributed by atoms with Gasteiger partial charge in [-0.2, -0.15) is 0 Å². The molecule has 156 valence electrons. The largest absolute Gasteiger partial charge is 0.496 e. The molecule has 0 aliphatic carbocycles. The van der Waals surface area contributed by atoms with Crippen LogP contribution in [0, 0.1) is 13.8 Å². The molecule has 1 heterocycles. The van der Waals surface area contributed by atoms with Crippen LogP contribution in [-0.4, -0.2) is 13.0 Å². The highest BCUT2D eigenvalue weighted by Gasteiger charge is 2.18. The Labute approximate surface area is 182 Å². The molecule has 0 spiro atoms. The lowest BCUT2D eigenvalue weighted by Crippen LogP contribution is -2.08. The van der Waals surface area contributed by atoms with Gasteiger partial charge < -0.3 is 14.5 Å². The molecule has 0 aliphatic heterocycles. The minimum Gasteiger partial charge on any atom is -0.496 e. The topological polar surface area (TPSA) is 51.5 Å². The van der Waals surface area contributed by atoms with E-state index in [0.29, 0.717) is 5.75 Å². The van der Waals surface area contributed by atoms with E-state index in [1.165, 1.54) is 0 Å². The Morgan fingerprint density at radius 3 is 2.42 bits per heavy atom. The summed E-state index contributed by atoms with van der Waals surface area (Å²) in [7, 11) is 1.64. The Morgan fingerprint density at radius 2 is 1.74 bits per heavy atom. The molecule has 0 aliphatic rings. The fourth-order valence-electron chi connectivity index (χ4n) is 3.80. The van der Waals surface area contributed by atoms with Crippen LogP contribution >= 0.6 is 0 Å². The van der Waals surface area contributed by atoms with Crippen molar-refractivity contribution >= 4 is 28.1 Å². The van der Waals surface area contributed by atoms with E-state index < -0.39 is 0 Å². The Balaban J connectivity index is 1.75. The quantitative estimate of drug-likeness (QED) is 0.369. The standard InChI is InChI=1S/C27H25NO3/c1-17-10-12-21(13-11-17)28-25(29)14-18(2)22-15-23-24(20-8-6-5-7-9-20)16-31-27(23)19(3)26(22)30-4/h5-16H,1-4H3,(H,28,29)/b18-14+. The van der Waals surface area contributed by atoms with Gasteiger partial charge >= 0.3 is 0 Å². The molecule has 31 heavy (non-hydrogen) atoms. The number of benzene rings is 3. The van der Waals surface area contributed by atoms with Gasteiger partial charge in [-0.1, -0.05) is 48.0 Å². The van der Waals surface area contributed by atoms with Crippen LogP contribution in [0.4, 0.5) is 5.69 Å². The average molecular weight is 412 g/mol. The van der Waals surface area contributed by atoms with E-state index in [1.807, 2.05) is 69.3 Å². The van der Waals surface area contributed by atoms with Crippen molar-refractivity contribution < 1.29 is 13.9 Å². The van der Waals surface area contributed by atoms with E-state index in [-0.39, 0.29) is 5.91 Å². The van der Waals surface area contributed by atoms with Crippen LogP contribution in [0.2, 0.25) is 0 Å². The molecule has 4 aromatic rings. The number of amides is 1. The molecular weight excluding hydrogens is 386 g/mol. The zero-order valence-corrected chi connectivity index (χ0v) is 18.2. The summed E-state index contributed by atoms with van der Waals surface area (Å²) >= 11 is 0. The summed E-state index contributed by atoms with van der Waals surface area (Å²) in [5, 5.41) is 3.91. The third-order valence-electron chi connectivity index (χ3n) is 5.42. The normalized spacial score (nSPS) is 11.5. The molecule has 1 N–H and O–H groups in total. The van der Waals surface area contributed by atoms with Crippen molar-refractivity contribution in [2.45, 2.75) is 20.8 Å². The second-order valence-corrected chi connectivity index (χ2v) is 7.66. The zero-order valence-electron chi connectivity index (χ0n) is 18.2. The van der Waals surface area contributed by atoms with Gasteiger partial charge in [-0.05, 0) is 50.1 Å². The second kappa shape index (κ2) is 8.52. The lowest BCUT2D eigenvalue weighted by molar-refractivity contribution is -0.111. The van der Waals surface area contributed by atoms with Gasteiger partial charge in [0.1, 0.15) is 11.3 Å². The Hall–Kier alpha value is -3.79. The monoisotopic (exact) mass is 411 g/mol. The number of hydrogen-bond donors (Lipinski definition) is 1. The van der Waals surface area contributed by atoms with Crippen LogP contribution in [0.5, 0.6) is 5.75 Å². The van der Waals surface area contributed by atoms with Crippen molar-refractivity contribution in [1.82, 2.24) is 0 Å². The number of ether oxygens (including phenoxy) is 1. The summed E-state index contributed by atoms with van der Waals surface area (Å²) in [6.07, 6.45) is 3.38. The van der Waals surface area contributed by atoms with E-state index in [0.717, 1.165) is 50.0 Å². The number of aryl methyl sites for hydroxylation is 2. The van der Waals surface area contributed by atoms with Gasteiger partial charge in [-0.15, -0.1) is 0 Å². The molecule has 4 heteroatoms. The zero-order chi connectivity index (χ0) is 22.0. The van der Waals surface area contributed by atoms with Gasteiger partial charge in [0.05, 0.1) is 13.4 Å². The summed E-state index contributed by atoms with van der Waals surface area (Å²) in [6, 6.07) is 19.9. The highest BCUT2D eigenvalue weighted by atomic mass is 16.5. The molecule has 4 nitrogen and oxygen atoms in total. The van der Waals surface area contributed by atoms with Crippen molar-refractivity contribution in [2.24, 2.45) is 0 Å². The fraction of sp³-hybridized carbons (Fsp3) is 0.148. The predicted molar refractivity (Wildman–Crippen MR) is 126 cm³/mol. The minimum absolute atomic E-state index is 0.184. The number of hydrogen-bond acceptors (Lipinski definition) is 3. The van der Waals surface area contributed by atoms with Gasteiger partial charge in [0.2, 0.25) is 5.91 Å². The average Bonchev–Trinajstić information content (AvgIpc) is 3.20. The van der Waals surface area contributed by atoms with E-state index in [9.17, 15) is 4.79 Å². The predicted octanol–water partition coefficient (Wildman–Crippen LogP) is 6.77. The van der Waals surface area contributed by atoms with E-state index in [2.05, 4.69) is 17.4 Å². The van der Waals surface area contributed by atoms with Gasteiger partial charge in [-0.3, -0.25) is 4.79 Å². The number of carbonyl (C=O) groups is 1. The summed E-state index contributed by atoms with van der Waals surface area (Å²) < 4.78 is 11.6. The van der Waals surface area contributed by atoms with Crippen molar-refractivity contribution in [2.75, 3.05) is 12.4 Å². The van der Waals surface area contributed by atoms with Gasteiger partial charge in [0.15, 0.2) is 0 Å². The number of rotatable bonds is 5. The molecule has 0 atom stereocenters. The van der Waals surface area contributed by atoms with E-state index in [1.54, 1.807) is 19.4 Å². The maximum Gasteiger partial charge on any atom is 0.248 e. The number of nitrogens with one attached hydrogen (secondary N) is 1. The third-order valence-corrected chi connectivity index (χ3v) is 5.42. The molecule has 1 amide bonds. The summed E-state index contributed by atoms with van der Waals surface area (Å²) in [4.78, 5) is 12.6. The second-order valence-electron chi connectivity index (χ2n) is 7.66. The number of anilines is 1. The Kier molecular flexibility index (Phi) is 5.63. The first-order valence-electron chi connectivity index (χ1n) is 10.2. The molecule has 0 saturated carbocycles. The number of furan rings is 1. The number of carbonyl (C=O) groups excluding carboxylic acids is 1. The lowest BCUT2D eigenvalue weighted by Gasteiger charge is -2.13. The maximum atomic E-state index is 12.6. The molecule has 1 aromatic heterocycles. The minimum atomic E-state index is -0.184. The van der Waals surface area contributed by atoms with Crippen molar-refractivity contribution in [3.05, 3.63) is 89.7 Å². The SMILES string of the molecule is COc1c(/C(C)=C/C(=O)Nc2ccc(C)cc2)cc2c(-c3ccccc3)coc2c1C. The highest BCUT2D eigenvalue weighted by Crippen LogP contribution is 2.40. The molecule has 0 radical (unpaired) electrons. The van der Waals surface area contributed by atoms with Crippen molar-refractivity contribution in [3.63, 3.8) is 0 Å². The van der Waals surface area contributed by atoms with E-state index in [4.69, 9.17) is 9.15 Å². The lowest BCUT2D eigenvalue weighted by atomic mass is 9.96. The van der Waals surface area contributed by atoms with Crippen LogP contribution in [-0.2, 0) is 4.79 Å².